The van der Waals surface area contributed by atoms with Crippen molar-refractivity contribution in [2.24, 2.45) is 0 Å². The van der Waals surface area contributed by atoms with Crippen molar-refractivity contribution in [3.8, 4) is 17.2 Å². The molecule has 6 nitrogen and oxygen atoms in total. The van der Waals surface area contributed by atoms with Gasteiger partial charge in [0.2, 0.25) is 11.2 Å². The molecule has 0 aliphatic heterocycles. The average molecular weight is 354 g/mol. The van der Waals surface area contributed by atoms with E-state index in [1.165, 1.54) is 13.4 Å². The first kappa shape index (κ1) is 17.5. The van der Waals surface area contributed by atoms with Gasteiger partial charge in [-0.3, -0.25) is 4.79 Å². The van der Waals surface area contributed by atoms with Crippen LogP contribution in [0.15, 0.2) is 51.9 Å². The number of rotatable bonds is 5. The fourth-order valence-electron chi connectivity index (χ4n) is 2.39. The van der Waals surface area contributed by atoms with Gasteiger partial charge >= 0.3 is 5.97 Å². The molecule has 0 fully saturated rings. The maximum atomic E-state index is 12.7. The van der Waals surface area contributed by atoms with E-state index in [0.29, 0.717) is 22.5 Å². The molecule has 0 N–H and O–H groups in total. The SMILES string of the molecule is COC(=O)COc1ccc2c(=O)c(Oc3cc(C)ccc3C)coc2c1. The highest BCUT2D eigenvalue weighted by Gasteiger charge is 2.12. The van der Waals surface area contributed by atoms with Crippen LogP contribution in [0.2, 0.25) is 0 Å². The van der Waals surface area contributed by atoms with Gasteiger partial charge in [0.1, 0.15) is 23.3 Å². The maximum absolute atomic E-state index is 12.7. The molecular weight excluding hydrogens is 336 g/mol. The molecule has 1 heterocycles. The number of aryl methyl sites for hydroxylation is 2. The topological polar surface area (TPSA) is 75.0 Å². The highest BCUT2D eigenvalue weighted by molar-refractivity contribution is 5.79. The Balaban J connectivity index is 1.90. The molecule has 3 aromatic rings. The Hall–Kier alpha value is -3.28. The molecule has 0 atom stereocenters. The van der Waals surface area contributed by atoms with E-state index in [2.05, 4.69) is 4.74 Å². The molecule has 26 heavy (non-hydrogen) atoms. The number of hydrogen-bond donors (Lipinski definition) is 0. The molecule has 0 aliphatic rings. The number of esters is 1. The molecule has 134 valence electrons. The van der Waals surface area contributed by atoms with Crippen LogP contribution in [0.3, 0.4) is 0 Å². The molecule has 0 saturated carbocycles. The van der Waals surface area contributed by atoms with E-state index in [1.54, 1.807) is 18.2 Å². The Morgan fingerprint density at radius 3 is 2.65 bits per heavy atom. The van der Waals surface area contributed by atoms with Crippen LogP contribution in [0.1, 0.15) is 11.1 Å². The summed E-state index contributed by atoms with van der Waals surface area (Å²) >= 11 is 0. The van der Waals surface area contributed by atoms with Gasteiger partial charge in [-0.2, -0.15) is 0 Å². The Morgan fingerprint density at radius 2 is 1.88 bits per heavy atom. The van der Waals surface area contributed by atoms with Crippen LogP contribution in [0.5, 0.6) is 17.2 Å². The zero-order valence-electron chi connectivity index (χ0n) is 14.7. The summed E-state index contributed by atoms with van der Waals surface area (Å²) in [5, 5.41) is 0.359. The van der Waals surface area contributed by atoms with Crippen molar-refractivity contribution >= 4 is 16.9 Å². The van der Waals surface area contributed by atoms with Crippen molar-refractivity contribution in [1.82, 2.24) is 0 Å². The van der Waals surface area contributed by atoms with E-state index in [1.807, 2.05) is 32.0 Å². The van der Waals surface area contributed by atoms with E-state index in [0.717, 1.165) is 11.1 Å². The third-order valence-electron chi connectivity index (χ3n) is 3.86. The third kappa shape index (κ3) is 3.69. The monoisotopic (exact) mass is 354 g/mol. The molecule has 0 spiro atoms. The highest BCUT2D eigenvalue weighted by Crippen LogP contribution is 2.26. The van der Waals surface area contributed by atoms with Crippen LogP contribution in [0.25, 0.3) is 11.0 Å². The number of fused-ring (bicyclic) bond motifs is 1. The van der Waals surface area contributed by atoms with Crippen molar-refractivity contribution in [2.45, 2.75) is 13.8 Å². The van der Waals surface area contributed by atoms with Gasteiger partial charge in [-0.1, -0.05) is 12.1 Å². The number of carbonyl (C=O) groups is 1. The molecule has 0 saturated heterocycles. The van der Waals surface area contributed by atoms with Crippen LogP contribution in [0, 0.1) is 13.8 Å². The predicted molar refractivity (Wildman–Crippen MR) is 96.0 cm³/mol. The van der Waals surface area contributed by atoms with Crippen LogP contribution in [-0.2, 0) is 9.53 Å². The van der Waals surface area contributed by atoms with Crippen LogP contribution in [0.4, 0.5) is 0 Å². The molecule has 1 aromatic heterocycles. The lowest BCUT2D eigenvalue weighted by Crippen LogP contribution is -2.12. The predicted octanol–water partition coefficient (Wildman–Crippen LogP) is 3.75. The van der Waals surface area contributed by atoms with E-state index >= 15 is 0 Å². The molecule has 0 amide bonds. The highest BCUT2D eigenvalue weighted by atomic mass is 16.6. The summed E-state index contributed by atoms with van der Waals surface area (Å²) in [4.78, 5) is 23.8. The first-order valence-corrected chi connectivity index (χ1v) is 7.98. The van der Waals surface area contributed by atoms with Crippen LogP contribution >= 0.6 is 0 Å². The van der Waals surface area contributed by atoms with Gasteiger partial charge in [-0.15, -0.1) is 0 Å². The number of ether oxygens (including phenoxy) is 3. The lowest BCUT2D eigenvalue weighted by atomic mass is 10.1. The molecule has 6 heteroatoms. The van der Waals surface area contributed by atoms with Crippen molar-refractivity contribution in [1.29, 1.82) is 0 Å². The fraction of sp³-hybridized carbons (Fsp3) is 0.200. The van der Waals surface area contributed by atoms with Gasteiger partial charge in [-0.05, 0) is 43.2 Å². The maximum Gasteiger partial charge on any atom is 0.343 e. The summed E-state index contributed by atoms with van der Waals surface area (Å²) in [7, 11) is 1.28. The summed E-state index contributed by atoms with van der Waals surface area (Å²) in [6.07, 6.45) is 1.27. The lowest BCUT2D eigenvalue weighted by Gasteiger charge is -2.10. The quantitative estimate of drug-likeness (QED) is 0.650. The Morgan fingerprint density at radius 1 is 1.08 bits per heavy atom. The van der Waals surface area contributed by atoms with Gasteiger partial charge < -0.3 is 18.6 Å². The third-order valence-corrected chi connectivity index (χ3v) is 3.86. The largest absolute Gasteiger partial charge is 0.482 e. The van der Waals surface area contributed by atoms with Gasteiger partial charge in [0, 0.05) is 6.07 Å². The van der Waals surface area contributed by atoms with Crippen molar-refractivity contribution in [2.75, 3.05) is 13.7 Å². The lowest BCUT2D eigenvalue weighted by molar-refractivity contribution is -0.142. The minimum Gasteiger partial charge on any atom is -0.482 e. The van der Waals surface area contributed by atoms with Crippen molar-refractivity contribution in [3.63, 3.8) is 0 Å². The summed E-state index contributed by atoms with van der Waals surface area (Å²) in [5.41, 5.74) is 2.00. The summed E-state index contributed by atoms with van der Waals surface area (Å²) in [6.45, 7) is 3.63. The number of hydrogen-bond acceptors (Lipinski definition) is 6. The zero-order chi connectivity index (χ0) is 18.7. The van der Waals surface area contributed by atoms with Crippen molar-refractivity contribution < 1.29 is 23.4 Å². The van der Waals surface area contributed by atoms with Gasteiger partial charge in [0.05, 0.1) is 12.5 Å². The van der Waals surface area contributed by atoms with Crippen LogP contribution < -0.4 is 14.9 Å². The smallest absolute Gasteiger partial charge is 0.343 e. The van der Waals surface area contributed by atoms with Gasteiger partial charge in [-0.25, -0.2) is 4.79 Å². The van der Waals surface area contributed by atoms with Crippen molar-refractivity contribution in [3.05, 3.63) is 64.0 Å². The van der Waals surface area contributed by atoms with E-state index < -0.39 is 5.97 Å². The van der Waals surface area contributed by atoms with Gasteiger partial charge in [0.15, 0.2) is 6.61 Å². The standard InChI is InChI=1S/C20H18O6/c1-12-4-5-13(2)16(8-12)26-18-10-25-17-9-14(24-11-19(21)23-3)6-7-15(17)20(18)22/h4-10H,11H2,1-3H3. The van der Waals surface area contributed by atoms with Gasteiger partial charge in [0.25, 0.3) is 0 Å². The second-order valence-electron chi connectivity index (χ2n) is 5.82. The molecular formula is C20H18O6. The first-order valence-electron chi connectivity index (χ1n) is 7.98. The number of methoxy groups -OCH3 is 1. The number of benzene rings is 2. The molecule has 3 rings (SSSR count). The second kappa shape index (κ2) is 7.31. The summed E-state index contributed by atoms with van der Waals surface area (Å²) in [6, 6.07) is 10.5. The van der Waals surface area contributed by atoms with E-state index in [4.69, 9.17) is 13.9 Å². The normalized spacial score (nSPS) is 10.6. The zero-order valence-corrected chi connectivity index (χ0v) is 14.7. The Bertz CT molecular complexity index is 1020. The minimum atomic E-state index is -0.496. The Kier molecular flexibility index (Phi) is 4.93. The molecule has 0 radical (unpaired) electrons. The molecule has 2 aromatic carbocycles. The minimum absolute atomic E-state index is 0.106. The Labute approximate surface area is 149 Å². The number of carbonyl (C=O) groups excluding carboxylic acids is 1. The summed E-state index contributed by atoms with van der Waals surface area (Å²) < 4.78 is 21.1. The fourth-order valence-corrected chi connectivity index (χ4v) is 2.39. The van der Waals surface area contributed by atoms with Crippen LogP contribution in [-0.4, -0.2) is 19.7 Å². The second-order valence-corrected chi connectivity index (χ2v) is 5.82. The summed E-state index contributed by atoms with van der Waals surface area (Å²) in [5.74, 6) is 0.613. The van der Waals surface area contributed by atoms with E-state index in [-0.39, 0.29) is 17.8 Å². The molecule has 0 bridgehead atoms. The molecule has 0 aliphatic carbocycles. The first-order chi connectivity index (χ1) is 12.5. The molecule has 0 unspecified atom stereocenters. The average Bonchev–Trinajstić information content (AvgIpc) is 2.64. The van der Waals surface area contributed by atoms with E-state index in [9.17, 15) is 9.59 Å².